The number of aryl methyl sites for hydroxylation is 1. The molecule has 0 radical (unpaired) electrons. The van der Waals surface area contributed by atoms with Gasteiger partial charge in [0, 0.05) is 5.69 Å². The number of rotatable bonds is 0. The quantitative estimate of drug-likeness (QED) is 0.713. The van der Waals surface area contributed by atoms with Crippen molar-refractivity contribution in [3.8, 4) is 6.07 Å². The van der Waals surface area contributed by atoms with Crippen LogP contribution in [0.25, 0.3) is 0 Å². The number of nitriles is 1. The van der Waals surface area contributed by atoms with Crippen molar-refractivity contribution in [3.63, 3.8) is 0 Å². The molecular weight excluding hydrogens is 324 g/mol. The van der Waals surface area contributed by atoms with Crippen molar-refractivity contribution in [2.75, 3.05) is 0 Å². The average Bonchev–Trinajstić information content (AvgIpc) is 2.33. The fraction of sp³-hybridized carbons (Fsp3) is 0.588. The zero-order chi connectivity index (χ0) is 19.6. The molecule has 0 aromatic carbocycles. The summed E-state index contributed by atoms with van der Waals surface area (Å²) in [7, 11) is 0. The molecule has 0 fully saturated rings. The highest BCUT2D eigenvalue weighted by molar-refractivity contribution is 5.73. The van der Waals surface area contributed by atoms with E-state index in [-0.39, 0.29) is 16.9 Å². The summed E-state index contributed by atoms with van der Waals surface area (Å²) in [5.41, 5.74) is -0.856. The van der Waals surface area contributed by atoms with Crippen molar-refractivity contribution in [1.82, 2.24) is 9.55 Å². The molecule has 0 unspecified atom stereocenters. The predicted octanol–water partition coefficient (Wildman–Crippen LogP) is 2.99. The van der Waals surface area contributed by atoms with Crippen LogP contribution in [0.4, 0.5) is 9.59 Å². The van der Waals surface area contributed by atoms with Crippen LogP contribution in [0.15, 0.2) is 4.99 Å². The van der Waals surface area contributed by atoms with Gasteiger partial charge in [0.25, 0.3) is 0 Å². The third-order valence-electron chi connectivity index (χ3n) is 2.80. The maximum Gasteiger partial charge on any atom is 0.437 e. The molecule has 1 aromatic rings. The van der Waals surface area contributed by atoms with Gasteiger partial charge in [-0.05, 0) is 55.4 Å². The number of ether oxygens (including phenoxy) is 2. The van der Waals surface area contributed by atoms with Crippen LogP contribution in [0.1, 0.15) is 58.5 Å². The molecule has 1 amide bonds. The SMILES string of the molecule is Cc1n/c(=N\C(=O)OC(C)(C)C)n(C(=O)OC(C)(C)C)c(C)c1C#N. The third-order valence-corrected chi connectivity index (χ3v) is 2.80. The molecule has 0 aliphatic carbocycles. The molecule has 0 atom stereocenters. The molecule has 25 heavy (non-hydrogen) atoms. The fourth-order valence-corrected chi connectivity index (χ4v) is 1.91. The maximum absolute atomic E-state index is 12.5. The van der Waals surface area contributed by atoms with Crippen LogP contribution in [0.3, 0.4) is 0 Å². The van der Waals surface area contributed by atoms with Crippen LogP contribution in [0.2, 0.25) is 0 Å². The van der Waals surface area contributed by atoms with E-state index in [4.69, 9.17) is 9.47 Å². The topological polar surface area (TPSA) is 107 Å². The summed E-state index contributed by atoms with van der Waals surface area (Å²) in [4.78, 5) is 32.4. The minimum Gasteiger partial charge on any atom is -0.443 e. The minimum atomic E-state index is -0.888. The van der Waals surface area contributed by atoms with Gasteiger partial charge in [-0.2, -0.15) is 5.26 Å². The summed E-state index contributed by atoms with van der Waals surface area (Å²) < 4.78 is 11.5. The van der Waals surface area contributed by atoms with E-state index < -0.39 is 23.4 Å². The Morgan fingerprint density at radius 1 is 1.08 bits per heavy atom. The first kappa shape index (κ1) is 20.4. The number of amides is 1. The first-order valence-electron chi connectivity index (χ1n) is 7.76. The van der Waals surface area contributed by atoms with Crippen LogP contribution >= 0.6 is 0 Å². The summed E-state index contributed by atoms with van der Waals surface area (Å²) in [5, 5.41) is 9.29. The predicted molar refractivity (Wildman–Crippen MR) is 89.8 cm³/mol. The molecule has 0 aliphatic heterocycles. The van der Waals surface area contributed by atoms with E-state index in [1.54, 1.807) is 55.4 Å². The fourth-order valence-electron chi connectivity index (χ4n) is 1.91. The third kappa shape index (κ3) is 5.71. The number of hydrogen-bond donors (Lipinski definition) is 0. The summed E-state index contributed by atoms with van der Waals surface area (Å²) >= 11 is 0. The Kier molecular flexibility index (Phi) is 5.74. The van der Waals surface area contributed by atoms with Gasteiger partial charge >= 0.3 is 12.2 Å². The monoisotopic (exact) mass is 348 g/mol. The smallest absolute Gasteiger partial charge is 0.437 e. The molecular formula is C17H24N4O4. The summed E-state index contributed by atoms with van der Waals surface area (Å²) in [6, 6.07) is 1.99. The van der Waals surface area contributed by atoms with E-state index in [1.807, 2.05) is 6.07 Å². The Morgan fingerprint density at radius 3 is 2.04 bits per heavy atom. The first-order valence-corrected chi connectivity index (χ1v) is 7.76. The number of carbonyl (C=O) groups is 2. The largest absolute Gasteiger partial charge is 0.443 e. The van der Waals surface area contributed by atoms with E-state index >= 15 is 0 Å². The molecule has 1 heterocycles. The van der Waals surface area contributed by atoms with Crippen molar-refractivity contribution in [2.24, 2.45) is 4.99 Å². The van der Waals surface area contributed by atoms with Gasteiger partial charge < -0.3 is 9.47 Å². The van der Waals surface area contributed by atoms with Gasteiger partial charge in [-0.3, -0.25) is 0 Å². The molecule has 0 spiro atoms. The van der Waals surface area contributed by atoms with Gasteiger partial charge in [0.2, 0.25) is 5.62 Å². The molecule has 0 bridgehead atoms. The second-order valence-corrected chi connectivity index (χ2v) is 7.48. The maximum atomic E-state index is 12.5. The Balaban J connectivity index is 3.59. The summed E-state index contributed by atoms with van der Waals surface area (Å²) in [5.74, 6) is 0. The molecule has 1 aromatic heterocycles. The van der Waals surface area contributed by atoms with Crippen LogP contribution in [-0.4, -0.2) is 32.9 Å². The number of carbonyl (C=O) groups excluding carboxylic acids is 2. The van der Waals surface area contributed by atoms with E-state index in [2.05, 4.69) is 9.98 Å². The van der Waals surface area contributed by atoms with E-state index in [9.17, 15) is 14.9 Å². The Morgan fingerprint density at radius 2 is 1.60 bits per heavy atom. The van der Waals surface area contributed by atoms with Gasteiger partial charge in [0.15, 0.2) is 0 Å². The number of aromatic nitrogens is 2. The lowest BCUT2D eigenvalue weighted by Crippen LogP contribution is -2.38. The standard InChI is InChI=1S/C17H24N4O4/c1-10-12(9-18)11(2)21(15(23)25-17(6,7)8)13(19-10)20-14(22)24-16(3,4)5/h1-8H3/b20-13+. The summed E-state index contributed by atoms with van der Waals surface area (Å²) in [6.45, 7) is 13.4. The van der Waals surface area contributed by atoms with Gasteiger partial charge in [-0.1, -0.05) is 0 Å². The second kappa shape index (κ2) is 7.05. The van der Waals surface area contributed by atoms with Crippen LogP contribution in [-0.2, 0) is 9.47 Å². The van der Waals surface area contributed by atoms with Crippen molar-refractivity contribution < 1.29 is 19.1 Å². The Bertz CT molecular complexity index is 802. The molecule has 136 valence electrons. The van der Waals surface area contributed by atoms with Crippen molar-refractivity contribution >= 4 is 12.2 Å². The van der Waals surface area contributed by atoms with Crippen molar-refractivity contribution in [2.45, 2.75) is 66.6 Å². The van der Waals surface area contributed by atoms with Crippen molar-refractivity contribution in [3.05, 3.63) is 22.6 Å². The van der Waals surface area contributed by atoms with Crippen LogP contribution in [0, 0.1) is 25.2 Å². The molecule has 1 rings (SSSR count). The molecule has 0 N–H and O–H groups in total. The van der Waals surface area contributed by atoms with Gasteiger partial charge in [0.1, 0.15) is 17.3 Å². The highest BCUT2D eigenvalue weighted by Crippen LogP contribution is 2.13. The molecule has 8 heteroatoms. The van der Waals surface area contributed by atoms with E-state index in [1.165, 1.54) is 0 Å². The normalized spacial score (nSPS) is 12.5. The zero-order valence-electron chi connectivity index (χ0n) is 15.9. The Labute approximate surface area is 147 Å². The number of nitrogens with zero attached hydrogens (tertiary/aromatic N) is 4. The second-order valence-electron chi connectivity index (χ2n) is 7.48. The van der Waals surface area contributed by atoms with Gasteiger partial charge in [-0.15, -0.1) is 4.99 Å². The van der Waals surface area contributed by atoms with E-state index in [0.717, 1.165) is 4.57 Å². The lowest BCUT2D eigenvalue weighted by molar-refractivity contribution is 0.0519. The lowest BCUT2D eigenvalue weighted by atomic mass is 10.2. The Hall–Kier alpha value is -2.69. The molecule has 0 saturated carbocycles. The van der Waals surface area contributed by atoms with Crippen molar-refractivity contribution in [1.29, 1.82) is 5.26 Å². The van der Waals surface area contributed by atoms with Gasteiger partial charge in [-0.25, -0.2) is 19.1 Å². The highest BCUT2D eigenvalue weighted by atomic mass is 16.6. The minimum absolute atomic E-state index is 0.197. The highest BCUT2D eigenvalue weighted by Gasteiger charge is 2.23. The van der Waals surface area contributed by atoms with Crippen LogP contribution < -0.4 is 5.62 Å². The van der Waals surface area contributed by atoms with Crippen LogP contribution in [0.5, 0.6) is 0 Å². The molecule has 8 nitrogen and oxygen atoms in total. The lowest BCUT2D eigenvalue weighted by Gasteiger charge is -2.21. The first-order chi connectivity index (χ1) is 11.2. The zero-order valence-corrected chi connectivity index (χ0v) is 15.9. The van der Waals surface area contributed by atoms with Gasteiger partial charge in [0.05, 0.1) is 11.3 Å². The molecule has 0 saturated heterocycles. The average molecular weight is 348 g/mol. The summed E-state index contributed by atoms with van der Waals surface area (Å²) in [6.07, 6.45) is -1.67. The van der Waals surface area contributed by atoms with E-state index in [0.29, 0.717) is 5.69 Å². The number of hydrogen-bond acceptors (Lipinski definition) is 6. The molecule has 0 aliphatic rings.